The van der Waals surface area contributed by atoms with E-state index in [1.807, 2.05) is 18.2 Å². The van der Waals surface area contributed by atoms with Crippen molar-refractivity contribution in [1.82, 2.24) is 5.32 Å². The van der Waals surface area contributed by atoms with Crippen LogP contribution in [0.5, 0.6) is 5.75 Å². The van der Waals surface area contributed by atoms with Gasteiger partial charge in [-0.3, -0.25) is 0 Å². The van der Waals surface area contributed by atoms with Crippen LogP contribution in [0.15, 0.2) is 48.5 Å². The van der Waals surface area contributed by atoms with Gasteiger partial charge in [-0.05, 0) is 55.3 Å². The molecule has 0 saturated carbocycles. The first-order chi connectivity index (χ1) is 10.3. The van der Waals surface area contributed by atoms with Crippen molar-refractivity contribution in [3.63, 3.8) is 0 Å². The molecule has 3 heteroatoms. The number of nitrogens with one attached hydrogen (secondary N) is 1. The highest BCUT2D eigenvalue weighted by Gasteiger charge is 2.15. The Morgan fingerprint density at radius 1 is 1.00 bits per heavy atom. The lowest BCUT2D eigenvalue weighted by atomic mass is 10.0. The standard InChI is InChI=1S/C18H20ClNO/c19-16-7-5-14(6-8-16)13-15-3-1-2-4-18(15)21-17-9-11-20-12-10-17/h1-8,17,20H,9-13H2. The topological polar surface area (TPSA) is 21.3 Å². The van der Waals surface area contributed by atoms with E-state index in [0.29, 0.717) is 6.10 Å². The Hall–Kier alpha value is -1.51. The van der Waals surface area contributed by atoms with E-state index in [4.69, 9.17) is 16.3 Å². The molecule has 2 aromatic rings. The molecule has 1 heterocycles. The van der Waals surface area contributed by atoms with Gasteiger partial charge >= 0.3 is 0 Å². The van der Waals surface area contributed by atoms with Gasteiger partial charge < -0.3 is 10.1 Å². The summed E-state index contributed by atoms with van der Waals surface area (Å²) in [6, 6.07) is 16.4. The van der Waals surface area contributed by atoms with Gasteiger partial charge in [0.1, 0.15) is 11.9 Å². The van der Waals surface area contributed by atoms with Crippen molar-refractivity contribution in [1.29, 1.82) is 0 Å². The van der Waals surface area contributed by atoms with Crippen LogP contribution in [0.2, 0.25) is 5.02 Å². The molecule has 1 aliphatic heterocycles. The van der Waals surface area contributed by atoms with Gasteiger partial charge in [0, 0.05) is 11.4 Å². The van der Waals surface area contributed by atoms with Crippen LogP contribution in [0.25, 0.3) is 0 Å². The third-order valence-electron chi connectivity index (χ3n) is 3.86. The molecule has 0 spiro atoms. The molecule has 0 aliphatic carbocycles. The molecule has 0 bridgehead atoms. The zero-order valence-electron chi connectivity index (χ0n) is 12.0. The molecule has 0 amide bonds. The molecule has 2 aromatic carbocycles. The van der Waals surface area contributed by atoms with Crippen molar-refractivity contribution < 1.29 is 4.74 Å². The minimum absolute atomic E-state index is 0.331. The van der Waals surface area contributed by atoms with Crippen molar-refractivity contribution in [2.75, 3.05) is 13.1 Å². The summed E-state index contributed by atoms with van der Waals surface area (Å²) in [6.45, 7) is 2.09. The molecule has 110 valence electrons. The van der Waals surface area contributed by atoms with Gasteiger partial charge in [-0.2, -0.15) is 0 Å². The Labute approximate surface area is 131 Å². The van der Waals surface area contributed by atoms with Gasteiger partial charge in [0.15, 0.2) is 0 Å². The van der Waals surface area contributed by atoms with Gasteiger partial charge in [0.05, 0.1) is 0 Å². The fraction of sp³-hybridized carbons (Fsp3) is 0.333. The van der Waals surface area contributed by atoms with Crippen molar-refractivity contribution in [3.05, 3.63) is 64.7 Å². The SMILES string of the molecule is Clc1ccc(Cc2ccccc2OC2CCNCC2)cc1. The predicted octanol–water partition coefficient (Wildman–Crippen LogP) is 4.06. The number of hydrogen-bond donors (Lipinski definition) is 1. The molecule has 0 radical (unpaired) electrons. The van der Waals surface area contributed by atoms with Crippen LogP contribution in [-0.2, 0) is 6.42 Å². The first-order valence-corrected chi connectivity index (χ1v) is 7.89. The second-order valence-electron chi connectivity index (χ2n) is 5.48. The second kappa shape index (κ2) is 6.97. The van der Waals surface area contributed by atoms with Crippen LogP contribution in [0.1, 0.15) is 24.0 Å². The second-order valence-corrected chi connectivity index (χ2v) is 5.91. The molecule has 1 fully saturated rings. The smallest absolute Gasteiger partial charge is 0.123 e. The van der Waals surface area contributed by atoms with E-state index < -0.39 is 0 Å². The summed E-state index contributed by atoms with van der Waals surface area (Å²) in [5.74, 6) is 1.01. The minimum Gasteiger partial charge on any atom is -0.490 e. The Morgan fingerprint density at radius 3 is 2.48 bits per heavy atom. The number of halogens is 1. The van der Waals surface area contributed by atoms with E-state index in [-0.39, 0.29) is 0 Å². The highest BCUT2D eigenvalue weighted by molar-refractivity contribution is 6.30. The van der Waals surface area contributed by atoms with Crippen molar-refractivity contribution in [2.24, 2.45) is 0 Å². The normalized spacial score (nSPS) is 15.9. The first-order valence-electron chi connectivity index (χ1n) is 7.51. The molecule has 2 nitrogen and oxygen atoms in total. The quantitative estimate of drug-likeness (QED) is 0.919. The molecule has 21 heavy (non-hydrogen) atoms. The Balaban J connectivity index is 1.73. The average Bonchev–Trinajstić information content (AvgIpc) is 2.52. The van der Waals surface area contributed by atoms with Crippen molar-refractivity contribution >= 4 is 11.6 Å². The molecule has 0 atom stereocenters. The fourth-order valence-corrected chi connectivity index (χ4v) is 2.81. The molecule has 3 rings (SSSR count). The highest BCUT2D eigenvalue weighted by atomic mass is 35.5. The van der Waals surface area contributed by atoms with Crippen molar-refractivity contribution in [2.45, 2.75) is 25.4 Å². The van der Waals surface area contributed by atoms with E-state index in [2.05, 4.69) is 35.6 Å². The zero-order valence-corrected chi connectivity index (χ0v) is 12.8. The van der Waals surface area contributed by atoms with E-state index in [1.165, 1.54) is 11.1 Å². The lowest BCUT2D eigenvalue weighted by Crippen LogP contribution is -2.34. The highest BCUT2D eigenvalue weighted by Crippen LogP contribution is 2.24. The zero-order chi connectivity index (χ0) is 14.5. The number of hydrogen-bond acceptors (Lipinski definition) is 2. The third-order valence-corrected chi connectivity index (χ3v) is 4.11. The van der Waals surface area contributed by atoms with Gasteiger partial charge in [-0.15, -0.1) is 0 Å². The summed E-state index contributed by atoms with van der Waals surface area (Å²) in [6.07, 6.45) is 3.36. The Bertz CT molecular complexity index is 576. The maximum atomic E-state index is 6.22. The average molecular weight is 302 g/mol. The molecule has 1 saturated heterocycles. The van der Waals surface area contributed by atoms with E-state index in [1.54, 1.807) is 0 Å². The third kappa shape index (κ3) is 3.99. The predicted molar refractivity (Wildman–Crippen MR) is 87.2 cm³/mol. The summed E-state index contributed by atoms with van der Waals surface area (Å²) >= 11 is 5.94. The van der Waals surface area contributed by atoms with Crippen LogP contribution in [0, 0.1) is 0 Å². The van der Waals surface area contributed by atoms with Crippen molar-refractivity contribution in [3.8, 4) is 5.75 Å². The largest absolute Gasteiger partial charge is 0.490 e. The monoisotopic (exact) mass is 301 g/mol. The lowest BCUT2D eigenvalue weighted by molar-refractivity contribution is 0.161. The number of rotatable bonds is 4. The van der Waals surface area contributed by atoms with E-state index >= 15 is 0 Å². The van der Waals surface area contributed by atoms with Gasteiger partial charge in [-0.25, -0.2) is 0 Å². The number of ether oxygens (including phenoxy) is 1. The summed E-state index contributed by atoms with van der Waals surface area (Å²) < 4.78 is 6.22. The van der Waals surface area contributed by atoms with Crippen LogP contribution in [-0.4, -0.2) is 19.2 Å². The maximum absolute atomic E-state index is 6.22. The lowest BCUT2D eigenvalue weighted by Gasteiger charge is -2.25. The molecular formula is C18H20ClNO. The summed E-state index contributed by atoms with van der Waals surface area (Å²) in [4.78, 5) is 0. The van der Waals surface area contributed by atoms with Gasteiger partial charge in [0.25, 0.3) is 0 Å². The minimum atomic E-state index is 0.331. The maximum Gasteiger partial charge on any atom is 0.123 e. The number of piperidine rings is 1. The van der Waals surface area contributed by atoms with Crippen LogP contribution in [0.3, 0.4) is 0 Å². The first kappa shape index (κ1) is 14.4. The Kier molecular flexibility index (Phi) is 4.79. The molecular weight excluding hydrogens is 282 g/mol. The van der Waals surface area contributed by atoms with Crippen LogP contribution >= 0.6 is 11.6 Å². The van der Waals surface area contributed by atoms with Crippen LogP contribution < -0.4 is 10.1 Å². The molecule has 1 aliphatic rings. The van der Waals surface area contributed by atoms with E-state index in [0.717, 1.165) is 43.1 Å². The molecule has 0 aromatic heterocycles. The number of benzene rings is 2. The van der Waals surface area contributed by atoms with Gasteiger partial charge in [0.2, 0.25) is 0 Å². The van der Waals surface area contributed by atoms with Gasteiger partial charge in [-0.1, -0.05) is 41.9 Å². The molecule has 1 N–H and O–H groups in total. The fourth-order valence-electron chi connectivity index (χ4n) is 2.68. The summed E-state index contributed by atoms with van der Waals surface area (Å²) in [5.41, 5.74) is 2.49. The van der Waals surface area contributed by atoms with Crippen LogP contribution in [0.4, 0.5) is 0 Å². The molecule has 0 unspecified atom stereocenters. The van der Waals surface area contributed by atoms with E-state index in [9.17, 15) is 0 Å². The summed E-state index contributed by atoms with van der Waals surface area (Å²) in [7, 11) is 0. The Morgan fingerprint density at radius 2 is 1.71 bits per heavy atom. The summed E-state index contributed by atoms with van der Waals surface area (Å²) in [5, 5.41) is 4.14. The number of para-hydroxylation sites is 1.